The second kappa shape index (κ2) is 10.1. The van der Waals surface area contributed by atoms with Crippen molar-refractivity contribution in [3.05, 3.63) is 106 Å². The molecule has 0 aliphatic rings. The van der Waals surface area contributed by atoms with Gasteiger partial charge in [0.05, 0.1) is 9.82 Å². The number of carboxylic acid groups (broad SMARTS) is 1. The quantitative estimate of drug-likeness (QED) is 0.262. The van der Waals surface area contributed by atoms with Crippen molar-refractivity contribution >= 4 is 32.6 Å². The Kier molecular flexibility index (Phi) is 6.94. The van der Waals surface area contributed by atoms with Crippen molar-refractivity contribution in [3.63, 3.8) is 0 Å². The van der Waals surface area contributed by atoms with Gasteiger partial charge in [-0.25, -0.2) is 8.42 Å². The van der Waals surface area contributed by atoms with Crippen LogP contribution in [0.5, 0.6) is 0 Å². The molecule has 0 saturated heterocycles. The van der Waals surface area contributed by atoms with Gasteiger partial charge in [0.1, 0.15) is 6.54 Å². The van der Waals surface area contributed by atoms with E-state index >= 15 is 0 Å². The molecule has 0 saturated carbocycles. The Hall–Kier alpha value is -4.02. The number of fused-ring (bicyclic) bond motifs is 1. The van der Waals surface area contributed by atoms with E-state index in [1.54, 1.807) is 10.8 Å². The number of benzene rings is 3. The molecule has 0 aliphatic carbocycles. The summed E-state index contributed by atoms with van der Waals surface area (Å²) in [6.07, 6.45) is 2.10. The lowest BCUT2D eigenvalue weighted by molar-refractivity contribution is -0.384. The SMILES string of the molecule is O=C(O)Cn1cc(CCN(Cc2ccccc2)S(=O)(=O)c2ccc([N+](=O)[O-])cc2)c2ccccc21. The van der Waals surface area contributed by atoms with Gasteiger partial charge in [0, 0.05) is 42.3 Å². The number of hydrogen-bond acceptors (Lipinski definition) is 5. The van der Waals surface area contributed by atoms with Gasteiger partial charge in [-0.1, -0.05) is 48.5 Å². The number of para-hydroxylation sites is 1. The summed E-state index contributed by atoms with van der Waals surface area (Å²) in [6, 6.07) is 21.4. The minimum absolute atomic E-state index is 0.0349. The predicted octanol–water partition coefficient (Wildman–Crippen LogP) is 4.07. The lowest BCUT2D eigenvalue weighted by atomic mass is 10.1. The first-order valence-electron chi connectivity index (χ1n) is 10.8. The molecule has 0 spiro atoms. The van der Waals surface area contributed by atoms with E-state index in [9.17, 15) is 28.4 Å². The van der Waals surface area contributed by atoms with Crippen LogP contribution in [-0.4, -0.2) is 39.8 Å². The Morgan fingerprint density at radius 2 is 1.63 bits per heavy atom. The number of nitro benzene ring substituents is 1. The fraction of sp³-hybridized carbons (Fsp3) is 0.160. The Balaban J connectivity index is 1.66. The summed E-state index contributed by atoms with van der Waals surface area (Å²) in [5.74, 6) is -0.969. The van der Waals surface area contributed by atoms with Gasteiger partial charge in [0.25, 0.3) is 5.69 Å². The molecule has 1 N–H and O–H groups in total. The van der Waals surface area contributed by atoms with Crippen molar-refractivity contribution in [1.82, 2.24) is 8.87 Å². The molecule has 0 aliphatic heterocycles. The van der Waals surface area contributed by atoms with E-state index in [1.165, 1.54) is 28.6 Å². The third-order valence-electron chi connectivity index (χ3n) is 5.69. The number of hydrogen-bond donors (Lipinski definition) is 1. The van der Waals surface area contributed by atoms with E-state index < -0.39 is 20.9 Å². The molecule has 0 bridgehead atoms. The maximum Gasteiger partial charge on any atom is 0.323 e. The van der Waals surface area contributed by atoms with Crippen LogP contribution in [0.3, 0.4) is 0 Å². The molecule has 0 unspecified atom stereocenters. The van der Waals surface area contributed by atoms with Crippen LogP contribution in [-0.2, 0) is 34.3 Å². The molecule has 0 radical (unpaired) electrons. The van der Waals surface area contributed by atoms with Gasteiger partial charge in [-0.05, 0) is 35.7 Å². The standard InChI is InChI=1S/C25H23N3O6S/c29-25(30)18-26-17-20(23-8-4-5-9-24(23)26)14-15-27(16-19-6-2-1-3-7-19)35(33,34)22-12-10-21(11-13-22)28(31)32/h1-13,17H,14-16,18H2,(H,29,30). The molecular formula is C25H23N3O6S. The molecule has 0 atom stereocenters. The highest BCUT2D eigenvalue weighted by Crippen LogP contribution is 2.25. The molecule has 9 nitrogen and oxygen atoms in total. The monoisotopic (exact) mass is 493 g/mol. The lowest BCUT2D eigenvalue weighted by Crippen LogP contribution is -2.32. The molecule has 0 fully saturated rings. The van der Waals surface area contributed by atoms with Crippen molar-refractivity contribution in [3.8, 4) is 0 Å². The Bertz CT molecular complexity index is 1460. The largest absolute Gasteiger partial charge is 0.480 e. The van der Waals surface area contributed by atoms with E-state index in [0.717, 1.165) is 22.0 Å². The fourth-order valence-electron chi connectivity index (χ4n) is 4.00. The normalized spacial score (nSPS) is 11.7. The molecule has 180 valence electrons. The summed E-state index contributed by atoms with van der Waals surface area (Å²) in [6.45, 7) is 0.0541. The zero-order valence-electron chi connectivity index (χ0n) is 18.6. The van der Waals surface area contributed by atoms with Gasteiger partial charge in [0.2, 0.25) is 10.0 Å². The number of carboxylic acids is 1. The second-order valence-corrected chi connectivity index (χ2v) is 9.96. The first-order chi connectivity index (χ1) is 16.8. The molecule has 10 heteroatoms. The number of carbonyl (C=O) groups is 1. The van der Waals surface area contributed by atoms with Crippen LogP contribution in [0.4, 0.5) is 5.69 Å². The average Bonchev–Trinajstić information content (AvgIpc) is 3.19. The topological polar surface area (TPSA) is 123 Å². The molecule has 4 aromatic rings. The van der Waals surface area contributed by atoms with Crippen molar-refractivity contribution in [2.24, 2.45) is 0 Å². The third-order valence-corrected chi connectivity index (χ3v) is 7.55. The average molecular weight is 494 g/mol. The zero-order valence-corrected chi connectivity index (χ0v) is 19.5. The number of aliphatic carboxylic acids is 1. The fourth-order valence-corrected chi connectivity index (χ4v) is 5.43. The maximum atomic E-state index is 13.5. The predicted molar refractivity (Wildman–Crippen MR) is 130 cm³/mol. The van der Waals surface area contributed by atoms with Crippen LogP contribution >= 0.6 is 0 Å². The molecule has 0 amide bonds. The maximum absolute atomic E-state index is 13.5. The molecule has 1 aromatic heterocycles. The van der Waals surface area contributed by atoms with Gasteiger partial charge >= 0.3 is 5.97 Å². The van der Waals surface area contributed by atoms with E-state index in [0.29, 0.717) is 6.42 Å². The minimum Gasteiger partial charge on any atom is -0.480 e. The summed E-state index contributed by atoms with van der Waals surface area (Å²) in [7, 11) is -3.97. The summed E-state index contributed by atoms with van der Waals surface area (Å²) in [5.41, 5.74) is 2.20. The molecule has 35 heavy (non-hydrogen) atoms. The van der Waals surface area contributed by atoms with Crippen LogP contribution < -0.4 is 0 Å². The number of sulfonamides is 1. The van der Waals surface area contributed by atoms with Crippen LogP contribution in [0.1, 0.15) is 11.1 Å². The number of nitro groups is 1. The van der Waals surface area contributed by atoms with Gasteiger partial charge < -0.3 is 9.67 Å². The van der Waals surface area contributed by atoms with Crippen LogP contribution in [0.2, 0.25) is 0 Å². The van der Waals surface area contributed by atoms with Gasteiger partial charge in [0.15, 0.2) is 0 Å². The number of nitrogens with zero attached hydrogens (tertiary/aromatic N) is 3. The van der Waals surface area contributed by atoms with Crippen molar-refractivity contribution in [2.75, 3.05) is 6.54 Å². The first kappa shape index (κ1) is 24.1. The van der Waals surface area contributed by atoms with Gasteiger partial charge in [-0.15, -0.1) is 0 Å². The third kappa shape index (κ3) is 5.39. The van der Waals surface area contributed by atoms with Gasteiger partial charge in [-0.3, -0.25) is 14.9 Å². The van der Waals surface area contributed by atoms with Crippen LogP contribution in [0.25, 0.3) is 10.9 Å². The zero-order chi connectivity index (χ0) is 25.0. The molecular weight excluding hydrogens is 470 g/mol. The van der Waals surface area contributed by atoms with E-state index in [-0.39, 0.29) is 30.2 Å². The Labute approximate surface area is 202 Å². The summed E-state index contributed by atoms with van der Waals surface area (Å²) >= 11 is 0. The lowest BCUT2D eigenvalue weighted by Gasteiger charge is -2.22. The Morgan fingerprint density at radius 3 is 2.29 bits per heavy atom. The summed E-state index contributed by atoms with van der Waals surface area (Å²) in [4.78, 5) is 21.7. The highest BCUT2D eigenvalue weighted by molar-refractivity contribution is 7.89. The van der Waals surface area contributed by atoms with Crippen LogP contribution in [0, 0.1) is 10.1 Å². The number of rotatable bonds is 10. The first-order valence-corrected chi connectivity index (χ1v) is 12.3. The van der Waals surface area contributed by atoms with Crippen molar-refractivity contribution in [1.29, 1.82) is 0 Å². The molecule has 1 heterocycles. The van der Waals surface area contributed by atoms with E-state index in [1.807, 2.05) is 54.6 Å². The second-order valence-electron chi connectivity index (χ2n) is 8.02. The van der Waals surface area contributed by atoms with Crippen molar-refractivity contribution < 1.29 is 23.2 Å². The highest BCUT2D eigenvalue weighted by Gasteiger charge is 2.26. The molecule has 4 rings (SSSR count). The molecule has 3 aromatic carbocycles. The van der Waals surface area contributed by atoms with Crippen molar-refractivity contribution in [2.45, 2.75) is 24.4 Å². The van der Waals surface area contributed by atoms with E-state index in [2.05, 4.69) is 0 Å². The Morgan fingerprint density at radius 1 is 0.971 bits per heavy atom. The highest BCUT2D eigenvalue weighted by atomic mass is 32.2. The van der Waals surface area contributed by atoms with Crippen LogP contribution in [0.15, 0.2) is 90.0 Å². The summed E-state index contributed by atoms with van der Waals surface area (Å²) in [5, 5.41) is 21.1. The van der Waals surface area contributed by atoms with Gasteiger partial charge in [-0.2, -0.15) is 4.31 Å². The van der Waals surface area contributed by atoms with E-state index in [4.69, 9.17) is 0 Å². The smallest absolute Gasteiger partial charge is 0.323 e. The minimum atomic E-state index is -3.97. The number of aromatic nitrogens is 1. The number of non-ortho nitro benzene ring substituents is 1. The summed E-state index contributed by atoms with van der Waals surface area (Å²) < 4.78 is 30.0.